The zero-order valence-electron chi connectivity index (χ0n) is 16.8. The molecule has 0 bridgehead atoms. The molecule has 0 saturated carbocycles. The van der Waals surface area contributed by atoms with Crippen LogP contribution < -0.4 is 5.46 Å². The number of halogens is 1. The predicted octanol–water partition coefficient (Wildman–Crippen LogP) is 3.19. The molecule has 0 N–H and O–H groups in total. The summed E-state index contributed by atoms with van der Waals surface area (Å²) in [6, 6.07) is 11.0. The Labute approximate surface area is 161 Å². The lowest BCUT2D eigenvalue weighted by Gasteiger charge is -2.32. The van der Waals surface area contributed by atoms with Gasteiger partial charge in [0, 0.05) is 31.4 Å². The fourth-order valence-electron chi connectivity index (χ4n) is 3.12. The molecule has 144 valence electrons. The molecule has 1 aromatic heterocycles. The Morgan fingerprint density at radius 1 is 1.07 bits per heavy atom. The van der Waals surface area contributed by atoms with Gasteiger partial charge in [0.2, 0.25) is 0 Å². The van der Waals surface area contributed by atoms with Crippen LogP contribution in [0.5, 0.6) is 0 Å². The molecule has 6 heteroatoms. The molecule has 27 heavy (non-hydrogen) atoms. The minimum atomic E-state index is -0.553. The van der Waals surface area contributed by atoms with Crippen LogP contribution in [0, 0.1) is 5.82 Å². The largest absolute Gasteiger partial charge is 0.494 e. The van der Waals surface area contributed by atoms with E-state index in [1.807, 2.05) is 59.0 Å². The third-order valence-corrected chi connectivity index (χ3v) is 5.43. The fraction of sp³-hybridized carbons (Fsp3) is 0.476. The van der Waals surface area contributed by atoms with Crippen molar-refractivity contribution in [3.63, 3.8) is 0 Å². The Kier molecular flexibility index (Phi) is 5.70. The second-order valence-corrected chi connectivity index (χ2v) is 8.29. The highest BCUT2D eigenvalue weighted by molar-refractivity contribution is 6.62. The Morgan fingerprint density at radius 2 is 1.78 bits per heavy atom. The minimum absolute atomic E-state index is 0.268. The number of likely N-dealkylation sites (N-methyl/N-ethyl adjacent to an activating group) is 1. The number of nitrogens with zero attached hydrogens (tertiary/aromatic N) is 2. The van der Waals surface area contributed by atoms with Crippen molar-refractivity contribution in [2.24, 2.45) is 0 Å². The molecule has 0 spiro atoms. The van der Waals surface area contributed by atoms with Crippen LogP contribution in [-0.2, 0) is 22.3 Å². The SMILES string of the molecule is CN(CCc1ccccn1)Cc1cc(F)cc(B2OC(C)(C)C(C)(C)O2)c1. The standard InChI is InChI=1S/C21H28BFN2O2/c1-20(2)21(3,4)27-22(26-20)17-12-16(13-18(23)14-17)15-25(5)11-9-19-8-6-7-10-24-19/h6-8,10,12-14H,9,11,15H2,1-5H3. The summed E-state index contributed by atoms with van der Waals surface area (Å²) in [6.07, 6.45) is 2.66. The van der Waals surface area contributed by atoms with Gasteiger partial charge in [-0.25, -0.2) is 4.39 Å². The van der Waals surface area contributed by atoms with Crippen LogP contribution >= 0.6 is 0 Å². The highest BCUT2D eigenvalue weighted by Crippen LogP contribution is 2.36. The molecule has 1 aromatic carbocycles. The van der Waals surface area contributed by atoms with Gasteiger partial charge >= 0.3 is 7.12 Å². The van der Waals surface area contributed by atoms with Crippen molar-refractivity contribution in [1.29, 1.82) is 0 Å². The van der Waals surface area contributed by atoms with E-state index >= 15 is 0 Å². The average Bonchev–Trinajstić information content (AvgIpc) is 2.81. The number of pyridine rings is 1. The Hall–Kier alpha value is -1.76. The second kappa shape index (κ2) is 7.70. The first-order valence-electron chi connectivity index (χ1n) is 9.40. The van der Waals surface area contributed by atoms with Gasteiger partial charge in [-0.2, -0.15) is 0 Å². The van der Waals surface area contributed by atoms with E-state index in [1.54, 1.807) is 12.3 Å². The Morgan fingerprint density at radius 3 is 2.41 bits per heavy atom. The molecule has 1 fully saturated rings. The third-order valence-electron chi connectivity index (χ3n) is 5.43. The predicted molar refractivity (Wildman–Crippen MR) is 106 cm³/mol. The maximum absolute atomic E-state index is 14.2. The van der Waals surface area contributed by atoms with Gasteiger partial charge in [0.25, 0.3) is 0 Å². The summed E-state index contributed by atoms with van der Waals surface area (Å²) in [6.45, 7) is 9.49. The zero-order valence-corrected chi connectivity index (χ0v) is 16.8. The van der Waals surface area contributed by atoms with Crippen molar-refractivity contribution in [3.8, 4) is 0 Å². The number of benzene rings is 1. The van der Waals surface area contributed by atoms with Gasteiger partial charge < -0.3 is 14.2 Å². The minimum Gasteiger partial charge on any atom is -0.399 e. The van der Waals surface area contributed by atoms with Crippen LogP contribution in [0.4, 0.5) is 4.39 Å². The first-order chi connectivity index (χ1) is 12.7. The highest BCUT2D eigenvalue weighted by atomic mass is 19.1. The van der Waals surface area contributed by atoms with E-state index in [4.69, 9.17) is 9.31 Å². The lowest BCUT2D eigenvalue weighted by molar-refractivity contribution is 0.00578. The van der Waals surface area contributed by atoms with Gasteiger partial charge in [-0.3, -0.25) is 4.98 Å². The molecule has 0 aliphatic carbocycles. The third kappa shape index (κ3) is 4.75. The molecule has 1 saturated heterocycles. The summed E-state index contributed by atoms with van der Waals surface area (Å²) in [7, 11) is 1.48. The number of hydrogen-bond donors (Lipinski definition) is 0. The van der Waals surface area contributed by atoms with E-state index in [-0.39, 0.29) is 5.82 Å². The molecule has 3 rings (SSSR count). The van der Waals surface area contributed by atoms with E-state index < -0.39 is 18.3 Å². The normalized spacial score (nSPS) is 18.3. The van der Waals surface area contributed by atoms with Crippen LogP contribution in [0.1, 0.15) is 39.0 Å². The first-order valence-corrected chi connectivity index (χ1v) is 9.40. The smallest absolute Gasteiger partial charge is 0.399 e. The summed E-state index contributed by atoms with van der Waals surface area (Å²) in [4.78, 5) is 6.51. The molecular formula is C21H28BFN2O2. The summed E-state index contributed by atoms with van der Waals surface area (Å²) in [5.74, 6) is -0.268. The average molecular weight is 370 g/mol. The Balaban J connectivity index is 1.67. The number of hydrogen-bond acceptors (Lipinski definition) is 4. The maximum atomic E-state index is 14.2. The van der Waals surface area contributed by atoms with Gasteiger partial charge in [0.15, 0.2) is 0 Å². The van der Waals surface area contributed by atoms with Gasteiger partial charge in [-0.05, 0) is 70.0 Å². The molecule has 1 aliphatic rings. The van der Waals surface area contributed by atoms with E-state index in [2.05, 4.69) is 9.88 Å². The summed E-state index contributed by atoms with van der Waals surface area (Å²) in [5, 5.41) is 0. The lowest BCUT2D eigenvalue weighted by Crippen LogP contribution is -2.41. The Bertz CT molecular complexity index is 767. The van der Waals surface area contributed by atoms with E-state index in [0.29, 0.717) is 6.54 Å². The van der Waals surface area contributed by atoms with Gasteiger partial charge in [0.1, 0.15) is 5.82 Å². The molecule has 0 atom stereocenters. The number of rotatable bonds is 6. The van der Waals surface area contributed by atoms with Gasteiger partial charge in [-0.15, -0.1) is 0 Å². The lowest BCUT2D eigenvalue weighted by atomic mass is 9.78. The molecular weight excluding hydrogens is 342 g/mol. The first kappa shape index (κ1) is 20.0. The van der Waals surface area contributed by atoms with Crippen molar-refractivity contribution in [2.45, 2.75) is 51.9 Å². The molecule has 1 aliphatic heterocycles. The van der Waals surface area contributed by atoms with Crippen LogP contribution in [0.2, 0.25) is 0 Å². The van der Waals surface area contributed by atoms with E-state index in [0.717, 1.165) is 29.7 Å². The van der Waals surface area contributed by atoms with E-state index in [1.165, 1.54) is 6.07 Å². The second-order valence-electron chi connectivity index (χ2n) is 8.29. The monoisotopic (exact) mass is 370 g/mol. The molecule has 0 amide bonds. The summed E-state index contributed by atoms with van der Waals surface area (Å²) < 4.78 is 26.3. The van der Waals surface area contributed by atoms with Crippen LogP contribution in [-0.4, -0.2) is 41.8 Å². The highest BCUT2D eigenvalue weighted by Gasteiger charge is 2.51. The van der Waals surface area contributed by atoms with Crippen molar-refractivity contribution in [3.05, 3.63) is 59.7 Å². The summed E-state index contributed by atoms with van der Waals surface area (Å²) in [5.41, 5.74) is 1.80. The fourth-order valence-corrected chi connectivity index (χ4v) is 3.12. The zero-order chi connectivity index (χ0) is 19.7. The number of aromatic nitrogens is 1. The summed E-state index contributed by atoms with van der Waals surface area (Å²) >= 11 is 0. The van der Waals surface area contributed by atoms with Crippen molar-refractivity contribution < 1.29 is 13.7 Å². The van der Waals surface area contributed by atoms with Crippen LogP contribution in [0.25, 0.3) is 0 Å². The topological polar surface area (TPSA) is 34.6 Å². The van der Waals surface area contributed by atoms with Crippen molar-refractivity contribution >= 4 is 12.6 Å². The van der Waals surface area contributed by atoms with Crippen LogP contribution in [0.15, 0.2) is 42.6 Å². The molecule has 2 aromatic rings. The molecule has 0 radical (unpaired) electrons. The van der Waals surface area contributed by atoms with Crippen LogP contribution in [0.3, 0.4) is 0 Å². The molecule has 2 heterocycles. The van der Waals surface area contributed by atoms with E-state index in [9.17, 15) is 4.39 Å². The van der Waals surface area contributed by atoms with Gasteiger partial charge in [0.05, 0.1) is 11.2 Å². The molecule has 0 unspecified atom stereocenters. The maximum Gasteiger partial charge on any atom is 0.494 e. The molecule has 4 nitrogen and oxygen atoms in total. The van der Waals surface area contributed by atoms with Crippen molar-refractivity contribution in [2.75, 3.05) is 13.6 Å². The quantitative estimate of drug-likeness (QED) is 0.732. The van der Waals surface area contributed by atoms with Gasteiger partial charge in [-0.1, -0.05) is 12.1 Å². The van der Waals surface area contributed by atoms with Crippen molar-refractivity contribution in [1.82, 2.24) is 9.88 Å².